The van der Waals surface area contributed by atoms with Crippen molar-refractivity contribution in [1.29, 1.82) is 0 Å². The Balaban J connectivity index is 3.33. The van der Waals surface area contributed by atoms with Crippen LogP contribution in [0.2, 0.25) is 0 Å². The summed E-state index contributed by atoms with van der Waals surface area (Å²) in [5.41, 5.74) is -0.650. The van der Waals surface area contributed by atoms with E-state index in [0.29, 0.717) is 6.42 Å². The van der Waals surface area contributed by atoms with E-state index >= 15 is 0 Å². The number of unbranched alkanes of at least 4 members (excludes halogenated alkanes) is 3. The summed E-state index contributed by atoms with van der Waals surface area (Å²) in [4.78, 5) is 0. The maximum atomic E-state index is 9.65. The molecule has 0 saturated heterocycles. The Bertz CT molecular complexity index is 100. The summed E-state index contributed by atoms with van der Waals surface area (Å²) in [6.07, 6.45) is 6.04. The molecular formula is C10H22O2. The van der Waals surface area contributed by atoms with E-state index in [2.05, 4.69) is 6.92 Å². The third-order valence-electron chi connectivity index (χ3n) is 2.22. The Morgan fingerprint density at radius 3 is 2.25 bits per heavy atom. The van der Waals surface area contributed by atoms with Crippen LogP contribution < -0.4 is 0 Å². The summed E-state index contributed by atoms with van der Waals surface area (Å²) in [5, 5.41) is 18.3. The van der Waals surface area contributed by atoms with Gasteiger partial charge in [-0.2, -0.15) is 0 Å². The van der Waals surface area contributed by atoms with E-state index in [-0.39, 0.29) is 6.61 Å². The lowest BCUT2D eigenvalue weighted by molar-refractivity contribution is 0.0232. The van der Waals surface area contributed by atoms with E-state index in [1.54, 1.807) is 6.92 Å². The van der Waals surface area contributed by atoms with Crippen LogP contribution in [0.3, 0.4) is 0 Å². The minimum Gasteiger partial charge on any atom is -0.396 e. The molecule has 0 amide bonds. The van der Waals surface area contributed by atoms with Crippen LogP contribution in [0.1, 0.15) is 52.4 Å². The van der Waals surface area contributed by atoms with E-state index in [0.717, 1.165) is 12.8 Å². The molecule has 2 nitrogen and oxygen atoms in total. The highest BCUT2D eigenvalue weighted by molar-refractivity contribution is 4.71. The molecule has 0 aliphatic heterocycles. The molecule has 0 aromatic carbocycles. The van der Waals surface area contributed by atoms with Gasteiger partial charge >= 0.3 is 0 Å². The van der Waals surface area contributed by atoms with Gasteiger partial charge < -0.3 is 10.2 Å². The lowest BCUT2D eigenvalue weighted by atomic mass is 9.95. The SMILES string of the molecule is CCCCCCC(C)(O)CCO. The molecule has 1 atom stereocenters. The molecule has 0 spiro atoms. The first-order valence-corrected chi connectivity index (χ1v) is 4.95. The standard InChI is InChI=1S/C10H22O2/c1-3-4-5-6-7-10(2,12)8-9-11/h11-12H,3-9H2,1-2H3. The van der Waals surface area contributed by atoms with Gasteiger partial charge in [-0.1, -0.05) is 32.6 Å². The number of aliphatic hydroxyl groups is 2. The second-order valence-corrected chi connectivity index (χ2v) is 3.78. The third-order valence-corrected chi connectivity index (χ3v) is 2.22. The molecule has 0 heterocycles. The largest absolute Gasteiger partial charge is 0.396 e. The van der Waals surface area contributed by atoms with Crippen LogP contribution in [0.5, 0.6) is 0 Å². The summed E-state index contributed by atoms with van der Waals surface area (Å²) in [6.45, 7) is 4.06. The zero-order valence-corrected chi connectivity index (χ0v) is 8.34. The Kier molecular flexibility index (Phi) is 6.39. The van der Waals surface area contributed by atoms with Gasteiger partial charge in [0.05, 0.1) is 5.60 Å². The zero-order valence-electron chi connectivity index (χ0n) is 8.34. The van der Waals surface area contributed by atoms with Gasteiger partial charge in [-0.3, -0.25) is 0 Å². The van der Waals surface area contributed by atoms with Gasteiger partial charge in [-0.15, -0.1) is 0 Å². The molecule has 0 aromatic rings. The molecule has 0 rings (SSSR count). The quantitative estimate of drug-likeness (QED) is 0.580. The Labute approximate surface area is 75.6 Å². The molecule has 2 heteroatoms. The van der Waals surface area contributed by atoms with Crippen LogP contribution in [0.25, 0.3) is 0 Å². The summed E-state index contributed by atoms with van der Waals surface area (Å²) in [6, 6.07) is 0. The van der Waals surface area contributed by atoms with E-state index in [1.807, 2.05) is 0 Å². The smallest absolute Gasteiger partial charge is 0.0641 e. The molecule has 0 radical (unpaired) electrons. The highest BCUT2D eigenvalue weighted by Crippen LogP contribution is 2.18. The lowest BCUT2D eigenvalue weighted by Gasteiger charge is -2.21. The first kappa shape index (κ1) is 11.9. The van der Waals surface area contributed by atoms with E-state index < -0.39 is 5.60 Å². The average molecular weight is 174 g/mol. The topological polar surface area (TPSA) is 40.5 Å². The predicted octanol–water partition coefficient (Wildman–Crippen LogP) is 2.09. The Hall–Kier alpha value is -0.0800. The Morgan fingerprint density at radius 2 is 1.75 bits per heavy atom. The zero-order chi connectivity index (χ0) is 9.45. The normalized spacial score (nSPS) is 16.0. The molecule has 1 unspecified atom stereocenters. The minimum atomic E-state index is -0.650. The number of hydrogen-bond donors (Lipinski definition) is 2. The van der Waals surface area contributed by atoms with Gasteiger partial charge in [-0.25, -0.2) is 0 Å². The molecule has 74 valence electrons. The van der Waals surface area contributed by atoms with Crippen molar-refractivity contribution in [2.75, 3.05) is 6.61 Å². The van der Waals surface area contributed by atoms with Crippen molar-refractivity contribution in [2.24, 2.45) is 0 Å². The average Bonchev–Trinajstić information content (AvgIpc) is 1.98. The monoisotopic (exact) mass is 174 g/mol. The number of hydrogen-bond acceptors (Lipinski definition) is 2. The minimum absolute atomic E-state index is 0.0841. The van der Waals surface area contributed by atoms with Gasteiger partial charge in [0.2, 0.25) is 0 Å². The van der Waals surface area contributed by atoms with Gasteiger partial charge in [-0.05, 0) is 19.8 Å². The van der Waals surface area contributed by atoms with Crippen molar-refractivity contribution in [1.82, 2.24) is 0 Å². The van der Waals surface area contributed by atoms with Crippen molar-refractivity contribution >= 4 is 0 Å². The van der Waals surface area contributed by atoms with E-state index in [4.69, 9.17) is 5.11 Å². The molecule has 0 aromatic heterocycles. The molecule has 12 heavy (non-hydrogen) atoms. The first-order chi connectivity index (χ1) is 5.62. The number of rotatable bonds is 7. The van der Waals surface area contributed by atoms with Gasteiger partial charge in [0.15, 0.2) is 0 Å². The number of aliphatic hydroxyl groups excluding tert-OH is 1. The van der Waals surface area contributed by atoms with Gasteiger partial charge in [0, 0.05) is 6.61 Å². The van der Waals surface area contributed by atoms with Crippen molar-refractivity contribution in [3.05, 3.63) is 0 Å². The lowest BCUT2D eigenvalue weighted by Crippen LogP contribution is -2.25. The molecule has 0 aliphatic rings. The van der Waals surface area contributed by atoms with Crippen LogP contribution in [0.4, 0.5) is 0 Å². The molecular weight excluding hydrogens is 152 g/mol. The van der Waals surface area contributed by atoms with E-state index in [9.17, 15) is 5.11 Å². The highest BCUT2D eigenvalue weighted by atomic mass is 16.3. The maximum absolute atomic E-state index is 9.65. The predicted molar refractivity (Wildman–Crippen MR) is 51.1 cm³/mol. The summed E-state index contributed by atoms with van der Waals surface area (Å²) in [7, 11) is 0. The Morgan fingerprint density at radius 1 is 1.08 bits per heavy atom. The maximum Gasteiger partial charge on any atom is 0.0641 e. The van der Waals surface area contributed by atoms with Crippen molar-refractivity contribution < 1.29 is 10.2 Å². The van der Waals surface area contributed by atoms with Gasteiger partial charge in [0.1, 0.15) is 0 Å². The molecule has 0 aliphatic carbocycles. The van der Waals surface area contributed by atoms with Crippen molar-refractivity contribution in [2.45, 2.75) is 58.0 Å². The van der Waals surface area contributed by atoms with Crippen LogP contribution in [0, 0.1) is 0 Å². The third kappa shape index (κ3) is 6.62. The fraction of sp³-hybridized carbons (Fsp3) is 1.00. The van der Waals surface area contributed by atoms with Crippen molar-refractivity contribution in [3.8, 4) is 0 Å². The van der Waals surface area contributed by atoms with Crippen LogP contribution in [-0.4, -0.2) is 22.4 Å². The van der Waals surface area contributed by atoms with Crippen LogP contribution >= 0.6 is 0 Å². The highest BCUT2D eigenvalue weighted by Gasteiger charge is 2.18. The molecule has 0 fully saturated rings. The van der Waals surface area contributed by atoms with Gasteiger partial charge in [0.25, 0.3) is 0 Å². The fourth-order valence-corrected chi connectivity index (χ4v) is 1.30. The first-order valence-electron chi connectivity index (χ1n) is 4.95. The molecule has 2 N–H and O–H groups in total. The van der Waals surface area contributed by atoms with Crippen LogP contribution in [0.15, 0.2) is 0 Å². The van der Waals surface area contributed by atoms with Crippen molar-refractivity contribution in [3.63, 3.8) is 0 Å². The fourth-order valence-electron chi connectivity index (χ4n) is 1.30. The van der Waals surface area contributed by atoms with E-state index in [1.165, 1.54) is 19.3 Å². The second-order valence-electron chi connectivity index (χ2n) is 3.78. The molecule has 0 bridgehead atoms. The second kappa shape index (κ2) is 6.44. The summed E-state index contributed by atoms with van der Waals surface area (Å²) >= 11 is 0. The summed E-state index contributed by atoms with van der Waals surface area (Å²) in [5.74, 6) is 0. The molecule has 0 saturated carbocycles. The van der Waals surface area contributed by atoms with Crippen LogP contribution in [-0.2, 0) is 0 Å². The summed E-state index contributed by atoms with van der Waals surface area (Å²) < 4.78 is 0.